The van der Waals surface area contributed by atoms with E-state index in [0.29, 0.717) is 31.6 Å². The summed E-state index contributed by atoms with van der Waals surface area (Å²) < 4.78 is 68.8. The molecule has 0 aromatic rings. The number of carbonyl (C=O) groups excluding carboxylic acids is 4. The molecule has 0 rings (SSSR count). The Morgan fingerprint density at radius 1 is 0.257 bits per heavy atom. The zero-order chi connectivity index (χ0) is 77.1. The van der Waals surface area contributed by atoms with Crippen LogP contribution in [0.4, 0.5) is 0 Å². The minimum absolute atomic E-state index is 0.107. The van der Waals surface area contributed by atoms with Gasteiger partial charge in [0.25, 0.3) is 0 Å². The van der Waals surface area contributed by atoms with Crippen molar-refractivity contribution in [1.82, 2.24) is 0 Å². The highest BCUT2D eigenvalue weighted by atomic mass is 31.2. The number of phosphoric acid groups is 2. The molecular formula is C86H168O17P2. The Morgan fingerprint density at radius 3 is 0.648 bits per heavy atom. The zero-order valence-corrected chi connectivity index (χ0v) is 70.8. The number of carbonyl (C=O) groups is 4. The molecule has 0 aliphatic carbocycles. The number of hydrogen-bond donors (Lipinski definition) is 3. The highest BCUT2D eigenvalue weighted by Gasteiger charge is 2.30. The second-order valence-electron chi connectivity index (χ2n) is 31.9. The van der Waals surface area contributed by atoms with Crippen LogP contribution >= 0.6 is 15.6 Å². The third kappa shape index (κ3) is 79.9. The zero-order valence-electron chi connectivity index (χ0n) is 69.0. The third-order valence-electron chi connectivity index (χ3n) is 20.2. The van der Waals surface area contributed by atoms with Gasteiger partial charge in [-0.1, -0.05) is 408 Å². The van der Waals surface area contributed by atoms with Crippen LogP contribution in [0.3, 0.4) is 0 Å². The van der Waals surface area contributed by atoms with E-state index in [-0.39, 0.29) is 25.7 Å². The molecular weight excluding hydrogens is 1370 g/mol. The Morgan fingerprint density at radius 2 is 0.438 bits per heavy atom. The molecule has 0 aromatic carbocycles. The predicted molar refractivity (Wildman–Crippen MR) is 432 cm³/mol. The number of hydrogen-bond acceptors (Lipinski definition) is 15. The molecule has 0 radical (unpaired) electrons. The molecule has 0 bridgehead atoms. The lowest BCUT2D eigenvalue weighted by molar-refractivity contribution is -0.161. The monoisotopic (exact) mass is 1540 g/mol. The van der Waals surface area contributed by atoms with Crippen molar-refractivity contribution in [2.24, 2.45) is 11.8 Å². The number of unbranched alkanes of at least 4 members (excludes halogenated alkanes) is 55. The summed E-state index contributed by atoms with van der Waals surface area (Å²) >= 11 is 0. The Hall–Kier alpha value is -1.94. The smallest absolute Gasteiger partial charge is 0.462 e. The fourth-order valence-electron chi connectivity index (χ4n) is 13.4. The summed E-state index contributed by atoms with van der Waals surface area (Å²) in [5.41, 5.74) is 0. The van der Waals surface area contributed by atoms with Crippen LogP contribution in [0.15, 0.2) is 0 Å². The first-order valence-corrected chi connectivity index (χ1v) is 47.5. The Balaban J connectivity index is 5.18. The summed E-state index contributed by atoms with van der Waals surface area (Å²) in [6.45, 7) is 9.61. The van der Waals surface area contributed by atoms with E-state index in [0.717, 1.165) is 102 Å². The van der Waals surface area contributed by atoms with E-state index < -0.39 is 97.5 Å². The van der Waals surface area contributed by atoms with E-state index >= 15 is 0 Å². The van der Waals surface area contributed by atoms with Gasteiger partial charge in [0, 0.05) is 25.7 Å². The molecule has 0 aliphatic rings. The van der Waals surface area contributed by atoms with Gasteiger partial charge in [-0.05, 0) is 37.5 Å². The quantitative estimate of drug-likeness (QED) is 0.0222. The summed E-state index contributed by atoms with van der Waals surface area (Å²) in [4.78, 5) is 73.1. The van der Waals surface area contributed by atoms with E-state index in [4.69, 9.17) is 37.0 Å². The topological polar surface area (TPSA) is 237 Å². The molecule has 0 aliphatic heterocycles. The number of phosphoric ester groups is 2. The lowest BCUT2D eigenvalue weighted by Crippen LogP contribution is -2.30. The van der Waals surface area contributed by atoms with Gasteiger partial charge in [-0.3, -0.25) is 37.3 Å². The molecule has 5 atom stereocenters. The van der Waals surface area contributed by atoms with Crippen LogP contribution in [-0.4, -0.2) is 96.7 Å². The van der Waals surface area contributed by atoms with E-state index in [2.05, 4.69) is 41.5 Å². The van der Waals surface area contributed by atoms with Crippen LogP contribution in [0, 0.1) is 11.8 Å². The summed E-state index contributed by atoms with van der Waals surface area (Å²) in [5.74, 6) is -0.603. The van der Waals surface area contributed by atoms with Crippen LogP contribution in [0.1, 0.15) is 459 Å². The molecule has 19 heteroatoms. The van der Waals surface area contributed by atoms with E-state index in [9.17, 15) is 43.2 Å². The maximum atomic E-state index is 13.1. The highest BCUT2D eigenvalue weighted by Crippen LogP contribution is 2.45. The van der Waals surface area contributed by atoms with Crippen molar-refractivity contribution in [3.8, 4) is 0 Å². The molecule has 105 heavy (non-hydrogen) atoms. The number of esters is 4. The summed E-state index contributed by atoms with van der Waals surface area (Å²) in [7, 11) is -9.92. The van der Waals surface area contributed by atoms with Gasteiger partial charge >= 0.3 is 39.5 Å². The van der Waals surface area contributed by atoms with Gasteiger partial charge < -0.3 is 33.8 Å². The summed E-state index contributed by atoms with van der Waals surface area (Å²) in [5, 5.41) is 10.7. The standard InChI is InChI=1S/C86H168O17P2/c1-7-9-11-13-15-17-19-21-22-23-24-25-26-27-32-35-39-43-47-51-59-65-71-85(90)102-81(74-96-83(88)68-62-56-49-45-41-38-34-31-29-28-30-33-37-40-44-48-54-60-66-78(3)4)76-100-104(92,93)98-72-80(87)73-99-105(94,95)101-77-82(75-97-84(89)69-63-57-53-52-55-61-67-79(5)6)103-86(91)70-64-58-50-46-42-36-20-18-16-14-12-10-8-2/h78-82,87H,7-77H2,1-6H3,(H,92,93)(H,94,95)/t80-,81-,82-/m1/s1. The van der Waals surface area contributed by atoms with Gasteiger partial charge in [0.2, 0.25) is 0 Å². The van der Waals surface area contributed by atoms with E-state index in [1.165, 1.54) is 270 Å². The average molecular weight is 1540 g/mol. The molecule has 0 amide bonds. The largest absolute Gasteiger partial charge is 0.472 e. The first-order chi connectivity index (χ1) is 50.9. The molecule has 0 saturated heterocycles. The van der Waals surface area contributed by atoms with Crippen molar-refractivity contribution in [3.05, 3.63) is 0 Å². The van der Waals surface area contributed by atoms with Crippen LogP contribution in [0.25, 0.3) is 0 Å². The maximum Gasteiger partial charge on any atom is 0.472 e. The summed E-state index contributed by atoms with van der Waals surface area (Å²) in [6, 6.07) is 0. The van der Waals surface area contributed by atoms with Gasteiger partial charge in [-0.2, -0.15) is 0 Å². The van der Waals surface area contributed by atoms with Crippen molar-refractivity contribution < 1.29 is 80.2 Å². The van der Waals surface area contributed by atoms with E-state index in [1.54, 1.807) is 0 Å². The Bertz CT molecular complexity index is 2010. The number of ether oxygens (including phenoxy) is 4. The number of aliphatic hydroxyl groups excluding tert-OH is 1. The molecule has 3 N–H and O–H groups in total. The molecule has 0 fully saturated rings. The second-order valence-corrected chi connectivity index (χ2v) is 34.8. The first-order valence-electron chi connectivity index (χ1n) is 44.5. The lowest BCUT2D eigenvalue weighted by atomic mass is 10.0. The van der Waals surface area contributed by atoms with Crippen molar-refractivity contribution in [3.63, 3.8) is 0 Å². The van der Waals surface area contributed by atoms with Gasteiger partial charge in [0.05, 0.1) is 26.4 Å². The molecule has 0 saturated carbocycles. The Labute approximate surface area is 645 Å². The van der Waals surface area contributed by atoms with Crippen LogP contribution in [0.5, 0.6) is 0 Å². The lowest BCUT2D eigenvalue weighted by Gasteiger charge is -2.21. The van der Waals surface area contributed by atoms with E-state index in [1.807, 2.05) is 0 Å². The highest BCUT2D eigenvalue weighted by molar-refractivity contribution is 7.47. The van der Waals surface area contributed by atoms with Crippen LogP contribution in [-0.2, 0) is 65.4 Å². The summed E-state index contributed by atoms with van der Waals surface area (Å²) in [6.07, 6.45) is 69.8. The molecule has 624 valence electrons. The maximum absolute atomic E-state index is 13.1. The fraction of sp³-hybridized carbons (Fsp3) is 0.953. The predicted octanol–water partition coefficient (Wildman–Crippen LogP) is 26.2. The molecule has 0 spiro atoms. The molecule has 0 heterocycles. The molecule has 0 aromatic heterocycles. The van der Waals surface area contributed by atoms with Crippen LogP contribution in [0.2, 0.25) is 0 Å². The van der Waals surface area contributed by atoms with Gasteiger partial charge in [-0.15, -0.1) is 0 Å². The fourth-order valence-corrected chi connectivity index (χ4v) is 15.0. The average Bonchev–Trinajstić information content (AvgIpc) is 0.911. The Kier molecular flexibility index (Phi) is 76.0. The minimum atomic E-state index is -4.97. The van der Waals surface area contributed by atoms with Gasteiger partial charge in [-0.25, -0.2) is 9.13 Å². The van der Waals surface area contributed by atoms with Crippen molar-refractivity contribution in [2.45, 2.75) is 477 Å². The number of aliphatic hydroxyl groups is 1. The third-order valence-corrected chi connectivity index (χ3v) is 22.1. The minimum Gasteiger partial charge on any atom is -0.462 e. The van der Waals surface area contributed by atoms with Crippen molar-refractivity contribution in [1.29, 1.82) is 0 Å². The van der Waals surface area contributed by atoms with Crippen LogP contribution < -0.4 is 0 Å². The number of rotatable bonds is 85. The SMILES string of the molecule is CCCCCCCCCCCCCCCCCCCCCCCCC(=O)O[C@H](COC(=O)CCCCCCCCCCCCCCCCCCCCC(C)C)COP(=O)(O)OC[C@@H](O)COP(=O)(O)OC[C@@H](COC(=O)CCCCCCCCC(C)C)OC(=O)CCCCCCCCCCCCCCC. The molecule has 2 unspecified atom stereocenters. The van der Waals surface area contributed by atoms with Gasteiger partial charge in [0.1, 0.15) is 19.3 Å². The van der Waals surface area contributed by atoms with Crippen molar-refractivity contribution in [2.75, 3.05) is 39.6 Å². The first kappa shape index (κ1) is 103. The van der Waals surface area contributed by atoms with Gasteiger partial charge in [0.15, 0.2) is 12.2 Å². The molecule has 17 nitrogen and oxygen atoms in total. The normalized spacial score (nSPS) is 13.8. The van der Waals surface area contributed by atoms with Crippen molar-refractivity contribution >= 4 is 39.5 Å². The second kappa shape index (κ2) is 77.4.